The maximum Gasteiger partial charge on any atom is 0.137 e. The molecule has 2 N–H and O–H groups in total. The number of fused-ring (bicyclic) bond motifs is 1. The van der Waals surface area contributed by atoms with Crippen molar-refractivity contribution in [3.63, 3.8) is 0 Å². The summed E-state index contributed by atoms with van der Waals surface area (Å²) in [5, 5.41) is 1.12. The number of aryl methyl sites for hydroxylation is 1. The number of aromatic amines is 2. The van der Waals surface area contributed by atoms with Crippen LogP contribution in [-0.2, 0) is 17.6 Å². The largest absolute Gasteiger partial charge is 0.361 e. The number of para-hydroxylation sites is 1. The van der Waals surface area contributed by atoms with Crippen LogP contribution in [0, 0.1) is 0 Å². The van der Waals surface area contributed by atoms with Crippen LogP contribution in [0.25, 0.3) is 33.4 Å². The molecular formula is C27H23N3O. The molecule has 2 heterocycles. The molecule has 5 aromatic rings. The van der Waals surface area contributed by atoms with Crippen LogP contribution in [0.1, 0.15) is 17.8 Å². The number of Topliss-reactive ketones (excluding diaryl/α,β-unsaturated/α-hetero) is 1. The molecule has 5 rings (SSSR count). The summed E-state index contributed by atoms with van der Waals surface area (Å²) in [7, 11) is 0. The van der Waals surface area contributed by atoms with E-state index in [0.29, 0.717) is 19.3 Å². The number of nitrogens with one attached hydrogen (secondary N) is 2. The summed E-state index contributed by atoms with van der Waals surface area (Å²) in [6, 6.07) is 28.5. The minimum atomic E-state index is 0.212. The highest BCUT2D eigenvalue weighted by molar-refractivity contribution is 5.89. The Labute approximate surface area is 181 Å². The average Bonchev–Trinajstić information content (AvgIpc) is 3.44. The zero-order valence-corrected chi connectivity index (χ0v) is 17.1. The quantitative estimate of drug-likeness (QED) is 0.350. The van der Waals surface area contributed by atoms with Gasteiger partial charge < -0.3 is 9.97 Å². The molecular weight excluding hydrogens is 382 g/mol. The molecule has 31 heavy (non-hydrogen) atoms. The average molecular weight is 406 g/mol. The fourth-order valence-electron chi connectivity index (χ4n) is 4.00. The highest BCUT2D eigenvalue weighted by Gasteiger charge is 2.15. The van der Waals surface area contributed by atoms with E-state index in [1.54, 1.807) is 0 Å². The van der Waals surface area contributed by atoms with Gasteiger partial charge in [-0.15, -0.1) is 0 Å². The van der Waals surface area contributed by atoms with Crippen molar-refractivity contribution in [3.05, 3.63) is 103 Å². The normalized spacial score (nSPS) is 11.1. The van der Waals surface area contributed by atoms with E-state index in [4.69, 9.17) is 4.98 Å². The van der Waals surface area contributed by atoms with Crippen LogP contribution in [0.3, 0.4) is 0 Å². The van der Waals surface area contributed by atoms with Crippen LogP contribution >= 0.6 is 0 Å². The number of ketones is 1. The van der Waals surface area contributed by atoms with Gasteiger partial charge in [-0.3, -0.25) is 4.79 Å². The predicted octanol–water partition coefficient (Wildman–Crippen LogP) is 5.97. The van der Waals surface area contributed by atoms with Gasteiger partial charge in [0.05, 0.1) is 11.4 Å². The Bertz CT molecular complexity index is 1260. The van der Waals surface area contributed by atoms with E-state index in [2.05, 4.69) is 40.3 Å². The molecule has 0 unspecified atom stereocenters. The van der Waals surface area contributed by atoms with E-state index >= 15 is 0 Å². The minimum absolute atomic E-state index is 0.212. The van der Waals surface area contributed by atoms with Crippen molar-refractivity contribution in [1.82, 2.24) is 15.0 Å². The van der Waals surface area contributed by atoms with Gasteiger partial charge in [0, 0.05) is 47.5 Å². The van der Waals surface area contributed by atoms with E-state index in [-0.39, 0.29) is 5.78 Å². The maximum atomic E-state index is 12.7. The lowest BCUT2D eigenvalue weighted by Gasteiger charge is -2.02. The lowest BCUT2D eigenvalue weighted by molar-refractivity contribution is -0.118. The first-order chi connectivity index (χ1) is 15.3. The fraction of sp³-hybridized carbons (Fsp3) is 0.111. The van der Waals surface area contributed by atoms with Gasteiger partial charge in [0.2, 0.25) is 0 Å². The summed E-state index contributed by atoms with van der Waals surface area (Å²) >= 11 is 0. The van der Waals surface area contributed by atoms with Crippen LogP contribution < -0.4 is 0 Å². The Balaban J connectivity index is 1.36. The molecule has 0 saturated carbocycles. The zero-order chi connectivity index (χ0) is 21.0. The number of hydrogen-bond acceptors (Lipinski definition) is 2. The Hall–Kier alpha value is -3.92. The zero-order valence-electron chi connectivity index (χ0n) is 17.1. The van der Waals surface area contributed by atoms with E-state index in [1.165, 1.54) is 0 Å². The van der Waals surface area contributed by atoms with Crippen LogP contribution in [0.15, 0.2) is 91.1 Å². The molecule has 0 atom stereocenters. The van der Waals surface area contributed by atoms with Gasteiger partial charge in [-0.25, -0.2) is 4.98 Å². The lowest BCUT2D eigenvalue weighted by atomic mass is 10.0. The van der Waals surface area contributed by atoms with Crippen molar-refractivity contribution in [2.24, 2.45) is 0 Å². The molecule has 0 aliphatic heterocycles. The highest BCUT2D eigenvalue weighted by atomic mass is 16.1. The number of benzene rings is 3. The molecule has 0 radical (unpaired) electrons. The topological polar surface area (TPSA) is 61.5 Å². The van der Waals surface area contributed by atoms with Gasteiger partial charge in [-0.1, -0.05) is 78.9 Å². The van der Waals surface area contributed by atoms with Gasteiger partial charge in [-0.2, -0.15) is 0 Å². The third-order valence-corrected chi connectivity index (χ3v) is 5.57. The van der Waals surface area contributed by atoms with Crippen LogP contribution in [-0.4, -0.2) is 20.7 Å². The summed E-state index contributed by atoms with van der Waals surface area (Å²) in [6.45, 7) is 0. The molecule has 3 aromatic carbocycles. The molecule has 4 nitrogen and oxygen atoms in total. The Morgan fingerprint density at radius 3 is 2.26 bits per heavy atom. The fourth-order valence-corrected chi connectivity index (χ4v) is 4.00. The maximum absolute atomic E-state index is 12.7. The number of carbonyl (C=O) groups excluding carboxylic acids is 1. The smallest absolute Gasteiger partial charge is 0.137 e. The summed E-state index contributed by atoms with van der Waals surface area (Å²) in [6.07, 6.45) is 3.42. The third-order valence-electron chi connectivity index (χ3n) is 5.57. The molecule has 152 valence electrons. The molecule has 0 spiro atoms. The second kappa shape index (κ2) is 8.44. The highest BCUT2D eigenvalue weighted by Crippen LogP contribution is 2.30. The van der Waals surface area contributed by atoms with E-state index in [9.17, 15) is 4.79 Å². The molecule has 0 aliphatic rings. The number of hydrogen-bond donors (Lipinski definition) is 2. The second-order valence-electron chi connectivity index (χ2n) is 7.71. The lowest BCUT2D eigenvalue weighted by Crippen LogP contribution is -2.04. The number of H-pyrrole nitrogens is 2. The first-order valence-corrected chi connectivity index (χ1v) is 10.5. The van der Waals surface area contributed by atoms with Crippen molar-refractivity contribution in [1.29, 1.82) is 0 Å². The first-order valence-electron chi connectivity index (χ1n) is 10.5. The van der Waals surface area contributed by atoms with Crippen molar-refractivity contribution >= 4 is 16.7 Å². The Kier molecular flexibility index (Phi) is 5.19. The van der Waals surface area contributed by atoms with Crippen LogP contribution in [0.5, 0.6) is 0 Å². The van der Waals surface area contributed by atoms with E-state index in [1.807, 2.05) is 60.8 Å². The van der Waals surface area contributed by atoms with Crippen molar-refractivity contribution in [3.8, 4) is 22.5 Å². The second-order valence-corrected chi connectivity index (χ2v) is 7.71. The van der Waals surface area contributed by atoms with Crippen LogP contribution in [0.4, 0.5) is 0 Å². The number of imidazole rings is 1. The van der Waals surface area contributed by atoms with Gasteiger partial charge in [-0.05, 0) is 11.6 Å². The number of carbonyl (C=O) groups is 1. The van der Waals surface area contributed by atoms with E-state index in [0.717, 1.165) is 44.8 Å². The Morgan fingerprint density at radius 1 is 0.806 bits per heavy atom. The van der Waals surface area contributed by atoms with Crippen molar-refractivity contribution in [2.75, 3.05) is 0 Å². The van der Waals surface area contributed by atoms with Crippen molar-refractivity contribution < 1.29 is 4.79 Å². The van der Waals surface area contributed by atoms with Gasteiger partial charge in [0.1, 0.15) is 11.6 Å². The summed E-state index contributed by atoms with van der Waals surface area (Å²) in [5.41, 5.74) is 6.18. The molecule has 2 aromatic heterocycles. The SMILES string of the molecule is O=C(CCc1nc(-c2ccccc2)c(-c2ccccc2)[nH]1)Cc1c[nH]c2ccccc12. The van der Waals surface area contributed by atoms with Gasteiger partial charge in [0.25, 0.3) is 0 Å². The number of rotatable bonds is 7. The molecule has 0 amide bonds. The molecule has 0 saturated heterocycles. The summed E-state index contributed by atoms with van der Waals surface area (Å²) in [5.74, 6) is 1.05. The molecule has 0 fully saturated rings. The minimum Gasteiger partial charge on any atom is -0.361 e. The first kappa shape index (κ1) is 19.1. The van der Waals surface area contributed by atoms with Gasteiger partial charge >= 0.3 is 0 Å². The molecule has 0 aliphatic carbocycles. The Morgan fingerprint density at radius 2 is 1.48 bits per heavy atom. The van der Waals surface area contributed by atoms with Crippen LogP contribution in [0.2, 0.25) is 0 Å². The number of aromatic nitrogens is 3. The summed E-state index contributed by atoms with van der Waals surface area (Å²) in [4.78, 5) is 24.3. The van der Waals surface area contributed by atoms with Gasteiger partial charge in [0.15, 0.2) is 0 Å². The van der Waals surface area contributed by atoms with E-state index < -0.39 is 0 Å². The van der Waals surface area contributed by atoms with Crippen molar-refractivity contribution in [2.45, 2.75) is 19.3 Å². The summed E-state index contributed by atoms with van der Waals surface area (Å²) < 4.78 is 0. The molecule has 0 bridgehead atoms. The molecule has 4 heteroatoms. The number of nitrogens with zero attached hydrogens (tertiary/aromatic N) is 1. The third kappa shape index (κ3) is 4.05. The standard InChI is InChI=1S/C27H23N3O/c31-22(17-21-18-28-24-14-8-7-13-23(21)24)15-16-25-29-26(19-9-3-1-4-10-19)27(30-25)20-11-5-2-6-12-20/h1-14,18,28H,15-17H2,(H,29,30). The monoisotopic (exact) mass is 405 g/mol. The predicted molar refractivity (Wildman–Crippen MR) is 125 cm³/mol.